The normalized spacial score (nSPS) is 14.7. The molecule has 1 aromatic carbocycles. The van der Waals surface area contributed by atoms with Gasteiger partial charge in [-0.2, -0.15) is 4.31 Å². The lowest BCUT2D eigenvalue weighted by molar-refractivity contribution is 0.171. The maximum Gasteiger partial charge on any atom is 0.242 e. The highest BCUT2D eigenvalue weighted by atomic mass is 32.2. The van der Waals surface area contributed by atoms with E-state index in [-0.39, 0.29) is 4.90 Å². The van der Waals surface area contributed by atoms with Crippen LogP contribution in [0.3, 0.4) is 0 Å². The van der Waals surface area contributed by atoms with Gasteiger partial charge in [-0.1, -0.05) is 0 Å². The molecule has 1 N–H and O–H groups in total. The van der Waals surface area contributed by atoms with Crippen molar-refractivity contribution in [1.29, 1.82) is 0 Å². The molecule has 6 nitrogen and oxygen atoms in total. The molecular weight excluding hydrogens is 268 g/mol. The summed E-state index contributed by atoms with van der Waals surface area (Å²) in [7, 11) is -0.146. The van der Waals surface area contributed by atoms with Crippen molar-refractivity contribution in [2.45, 2.75) is 4.90 Å². The lowest BCUT2D eigenvalue weighted by Crippen LogP contribution is -2.32. The van der Waals surface area contributed by atoms with Gasteiger partial charge in [0.15, 0.2) is 11.5 Å². The minimum Gasteiger partial charge on any atom is -0.486 e. The number of likely N-dealkylation sites (N-methyl/N-ethyl adjacent to an activating group) is 2. The molecule has 0 bridgehead atoms. The fourth-order valence-electron chi connectivity index (χ4n) is 1.75. The summed E-state index contributed by atoms with van der Waals surface area (Å²) in [5.74, 6) is 1.07. The van der Waals surface area contributed by atoms with E-state index in [4.69, 9.17) is 9.47 Å². The molecule has 2 rings (SSSR count). The fourth-order valence-corrected chi connectivity index (χ4v) is 2.94. The van der Waals surface area contributed by atoms with Crippen LogP contribution in [0, 0.1) is 0 Å². The van der Waals surface area contributed by atoms with Crippen LogP contribution in [-0.2, 0) is 10.0 Å². The molecule has 1 aliphatic rings. The van der Waals surface area contributed by atoms with E-state index in [1.807, 2.05) is 0 Å². The summed E-state index contributed by atoms with van der Waals surface area (Å²) in [4.78, 5) is 0.218. The van der Waals surface area contributed by atoms with E-state index in [9.17, 15) is 8.42 Å². The zero-order valence-electron chi connectivity index (χ0n) is 11.0. The third kappa shape index (κ3) is 2.99. The number of benzene rings is 1. The van der Waals surface area contributed by atoms with Crippen molar-refractivity contribution < 1.29 is 17.9 Å². The Balaban J connectivity index is 2.25. The third-order valence-electron chi connectivity index (χ3n) is 2.90. The first kappa shape index (κ1) is 14.1. The Hall–Kier alpha value is -1.31. The second-order valence-electron chi connectivity index (χ2n) is 4.24. The predicted molar refractivity (Wildman–Crippen MR) is 71.2 cm³/mol. The van der Waals surface area contributed by atoms with Gasteiger partial charge in [-0.3, -0.25) is 0 Å². The van der Waals surface area contributed by atoms with Gasteiger partial charge in [0, 0.05) is 26.2 Å². The van der Waals surface area contributed by atoms with Crippen LogP contribution in [0.2, 0.25) is 0 Å². The minimum atomic E-state index is -3.49. The van der Waals surface area contributed by atoms with Crippen LogP contribution in [0.15, 0.2) is 23.1 Å². The van der Waals surface area contributed by atoms with E-state index in [1.54, 1.807) is 26.2 Å². The van der Waals surface area contributed by atoms with Gasteiger partial charge in [-0.25, -0.2) is 8.42 Å². The van der Waals surface area contributed by atoms with Crippen LogP contribution in [0.1, 0.15) is 0 Å². The molecule has 0 atom stereocenters. The van der Waals surface area contributed by atoms with Gasteiger partial charge >= 0.3 is 0 Å². The van der Waals surface area contributed by atoms with Crippen LogP contribution in [0.25, 0.3) is 0 Å². The average molecular weight is 286 g/mol. The van der Waals surface area contributed by atoms with Crippen molar-refractivity contribution in [1.82, 2.24) is 9.62 Å². The molecule has 7 heteroatoms. The predicted octanol–water partition coefficient (Wildman–Crippen LogP) is 0.298. The smallest absolute Gasteiger partial charge is 0.242 e. The summed E-state index contributed by atoms with van der Waals surface area (Å²) in [5.41, 5.74) is 0. The van der Waals surface area contributed by atoms with Gasteiger partial charge in [-0.15, -0.1) is 0 Å². The van der Waals surface area contributed by atoms with Gasteiger partial charge in [-0.05, 0) is 19.2 Å². The summed E-state index contributed by atoms with van der Waals surface area (Å²) in [6, 6.07) is 4.69. The molecule has 1 aliphatic heterocycles. The number of nitrogens with one attached hydrogen (secondary N) is 1. The van der Waals surface area contributed by atoms with Crippen molar-refractivity contribution in [3.8, 4) is 11.5 Å². The SMILES string of the molecule is CNCCN(C)S(=O)(=O)c1ccc2c(c1)OCCO2. The summed E-state index contributed by atoms with van der Waals surface area (Å²) in [5, 5.41) is 2.92. The molecule has 0 radical (unpaired) electrons. The number of ether oxygens (including phenoxy) is 2. The molecule has 0 unspecified atom stereocenters. The van der Waals surface area contributed by atoms with Gasteiger partial charge < -0.3 is 14.8 Å². The molecule has 0 aromatic heterocycles. The van der Waals surface area contributed by atoms with E-state index < -0.39 is 10.0 Å². The second-order valence-corrected chi connectivity index (χ2v) is 6.28. The summed E-state index contributed by atoms with van der Waals surface area (Å²) < 4.78 is 36.7. The number of rotatable bonds is 5. The minimum absolute atomic E-state index is 0.218. The largest absolute Gasteiger partial charge is 0.486 e. The van der Waals surface area contributed by atoms with Crippen molar-refractivity contribution in [3.63, 3.8) is 0 Å². The average Bonchev–Trinajstić information content (AvgIpc) is 2.44. The van der Waals surface area contributed by atoms with E-state index in [2.05, 4.69) is 5.32 Å². The maximum absolute atomic E-state index is 12.3. The summed E-state index contributed by atoms with van der Waals surface area (Å²) in [6.07, 6.45) is 0. The van der Waals surface area contributed by atoms with Gasteiger partial charge in [0.25, 0.3) is 0 Å². The maximum atomic E-state index is 12.3. The highest BCUT2D eigenvalue weighted by Crippen LogP contribution is 2.32. The summed E-state index contributed by atoms with van der Waals surface area (Å²) in [6.45, 7) is 1.93. The van der Waals surface area contributed by atoms with Crippen LogP contribution < -0.4 is 14.8 Å². The zero-order valence-corrected chi connectivity index (χ0v) is 11.9. The Morgan fingerprint density at radius 1 is 1.26 bits per heavy atom. The van der Waals surface area contributed by atoms with Gasteiger partial charge in [0.05, 0.1) is 4.90 Å². The van der Waals surface area contributed by atoms with E-state index in [0.29, 0.717) is 37.8 Å². The van der Waals surface area contributed by atoms with Crippen molar-refractivity contribution in [2.75, 3.05) is 40.4 Å². The number of nitrogens with zero attached hydrogens (tertiary/aromatic N) is 1. The first-order chi connectivity index (χ1) is 9.05. The molecular formula is C12H18N2O4S. The summed E-state index contributed by atoms with van der Waals surface area (Å²) >= 11 is 0. The van der Waals surface area contributed by atoms with Crippen LogP contribution in [0.5, 0.6) is 11.5 Å². The molecule has 0 amide bonds. The van der Waals surface area contributed by atoms with E-state index in [0.717, 1.165) is 0 Å². The molecule has 0 saturated heterocycles. The van der Waals surface area contributed by atoms with Crippen molar-refractivity contribution in [2.24, 2.45) is 0 Å². The molecule has 106 valence electrons. The topological polar surface area (TPSA) is 67.9 Å². The molecule has 1 aromatic rings. The van der Waals surface area contributed by atoms with Gasteiger partial charge in [0.2, 0.25) is 10.0 Å². The standard InChI is InChI=1S/C12H18N2O4S/c1-13-5-6-14(2)19(15,16)10-3-4-11-12(9-10)18-8-7-17-11/h3-4,9,13H,5-8H2,1-2H3. The number of fused-ring (bicyclic) bond motifs is 1. The van der Waals surface area contributed by atoms with E-state index >= 15 is 0 Å². The number of hydrogen-bond donors (Lipinski definition) is 1. The van der Waals surface area contributed by atoms with Crippen molar-refractivity contribution >= 4 is 10.0 Å². The van der Waals surface area contributed by atoms with Crippen LogP contribution in [0.4, 0.5) is 0 Å². The Morgan fingerprint density at radius 3 is 2.63 bits per heavy atom. The van der Waals surface area contributed by atoms with E-state index in [1.165, 1.54) is 10.4 Å². The van der Waals surface area contributed by atoms with Crippen molar-refractivity contribution in [3.05, 3.63) is 18.2 Å². The Bertz CT molecular complexity index is 545. The zero-order chi connectivity index (χ0) is 13.9. The highest BCUT2D eigenvalue weighted by Gasteiger charge is 2.23. The van der Waals surface area contributed by atoms with Gasteiger partial charge in [0.1, 0.15) is 13.2 Å². The molecule has 19 heavy (non-hydrogen) atoms. The quantitative estimate of drug-likeness (QED) is 0.843. The van der Waals surface area contributed by atoms with Crippen LogP contribution in [-0.4, -0.2) is 53.1 Å². The molecule has 0 fully saturated rings. The fraction of sp³-hybridized carbons (Fsp3) is 0.500. The second kappa shape index (κ2) is 5.77. The Labute approximate surface area is 113 Å². The lowest BCUT2D eigenvalue weighted by atomic mass is 10.3. The highest BCUT2D eigenvalue weighted by molar-refractivity contribution is 7.89. The molecule has 1 heterocycles. The molecule has 0 spiro atoms. The molecule has 0 saturated carbocycles. The monoisotopic (exact) mass is 286 g/mol. The third-order valence-corrected chi connectivity index (χ3v) is 4.75. The number of hydrogen-bond acceptors (Lipinski definition) is 5. The first-order valence-corrected chi connectivity index (χ1v) is 7.50. The Kier molecular flexibility index (Phi) is 4.28. The molecule has 0 aliphatic carbocycles. The lowest BCUT2D eigenvalue weighted by Gasteiger charge is -2.21. The number of sulfonamides is 1. The van der Waals surface area contributed by atoms with Crippen LogP contribution >= 0.6 is 0 Å². The Morgan fingerprint density at radius 2 is 1.95 bits per heavy atom. The first-order valence-electron chi connectivity index (χ1n) is 6.06.